The van der Waals surface area contributed by atoms with Crippen molar-refractivity contribution in [2.45, 2.75) is 36.6 Å². The Morgan fingerprint density at radius 2 is 1.84 bits per heavy atom. The van der Waals surface area contributed by atoms with Gasteiger partial charge < -0.3 is 14.8 Å². The molecular weight excluding hydrogens is 438 g/mol. The van der Waals surface area contributed by atoms with Crippen molar-refractivity contribution in [3.05, 3.63) is 52.6 Å². The van der Waals surface area contributed by atoms with Gasteiger partial charge in [-0.15, -0.1) is 0 Å². The first kappa shape index (κ1) is 23.3. The van der Waals surface area contributed by atoms with E-state index in [-0.39, 0.29) is 17.5 Å². The number of para-hydroxylation sites is 1. The number of anilines is 1. The van der Waals surface area contributed by atoms with Gasteiger partial charge in [-0.1, -0.05) is 25.0 Å². The second kappa shape index (κ2) is 9.86. The zero-order valence-electron chi connectivity index (χ0n) is 17.8. The van der Waals surface area contributed by atoms with Crippen molar-refractivity contribution in [2.75, 3.05) is 25.1 Å². The number of sulfonamides is 1. The lowest BCUT2D eigenvalue weighted by atomic mass is 10.2. The predicted octanol–water partition coefficient (Wildman–Crippen LogP) is 2.87. The van der Waals surface area contributed by atoms with Crippen LogP contribution in [0.2, 0.25) is 0 Å². The molecule has 0 bridgehead atoms. The van der Waals surface area contributed by atoms with Gasteiger partial charge in [0, 0.05) is 18.2 Å². The Kier molecular flexibility index (Phi) is 7.18. The number of nitrogens with one attached hydrogen (secondary N) is 1. The summed E-state index contributed by atoms with van der Waals surface area (Å²) in [6, 6.07) is 9.44. The molecule has 0 radical (unpaired) electrons. The smallest absolute Gasteiger partial charge is 0.289 e. The summed E-state index contributed by atoms with van der Waals surface area (Å²) in [5.41, 5.74) is -0.519. The van der Waals surface area contributed by atoms with Crippen LogP contribution in [-0.2, 0) is 14.8 Å². The van der Waals surface area contributed by atoms with E-state index in [4.69, 9.17) is 9.47 Å². The fourth-order valence-electron chi connectivity index (χ4n) is 3.71. The molecule has 1 amide bonds. The summed E-state index contributed by atoms with van der Waals surface area (Å²) in [4.78, 5) is 23.0. The Balaban J connectivity index is 2.08. The van der Waals surface area contributed by atoms with E-state index in [1.54, 1.807) is 0 Å². The molecule has 0 heterocycles. The summed E-state index contributed by atoms with van der Waals surface area (Å²) >= 11 is 0. The van der Waals surface area contributed by atoms with Crippen molar-refractivity contribution in [2.24, 2.45) is 0 Å². The van der Waals surface area contributed by atoms with Crippen LogP contribution in [0.5, 0.6) is 11.5 Å². The number of hydrogen-bond acceptors (Lipinski definition) is 7. The summed E-state index contributed by atoms with van der Waals surface area (Å²) in [7, 11) is -1.70. The molecule has 1 aliphatic carbocycles. The number of hydrogen-bond donors (Lipinski definition) is 1. The van der Waals surface area contributed by atoms with E-state index in [0.717, 1.165) is 42.1 Å². The van der Waals surface area contributed by atoms with Crippen molar-refractivity contribution >= 4 is 27.3 Å². The minimum atomic E-state index is -4.50. The molecule has 0 atom stereocenters. The van der Waals surface area contributed by atoms with Gasteiger partial charge in [0.25, 0.3) is 15.7 Å². The van der Waals surface area contributed by atoms with Crippen LogP contribution >= 0.6 is 0 Å². The Hall–Kier alpha value is -3.34. The van der Waals surface area contributed by atoms with Gasteiger partial charge in [0.2, 0.25) is 5.91 Å². The highest BCUT2D eigenvalue weighted by Gasteiger charge is 2.35. The summed E-state index contributed by atoms with van der Waals surface area (Å²) in [5, 5.41) is 14.3. The first-order valence-corrected chi connectivity index (χ1v) is 11.5. The number of carbonyl (C=O) groups is 1. The largest absolute Gasteiger partial charge is 0.497 e. The molecule has 1 N–H and O–H groups in total. The molecule has 0 aromatic heterocycles. The predicted molar refractivity (Wildman–Crippen MR) is 118 cm³/mol. The minimum absolute atomic E-state index is 0.0177. The lowest BCUT2D eigenvalue weighted by Crippen LogP contribution is -2.44. The summed E-state index contributed by atoms with van der Waals surface area (Å²) < 4.78 is 38.6. The van der Waals surface area contributed by atoms with E-state index in [1.807, 2.05) is 0 Å². The average molecular weight is 464 g/mol. The monoisotopic (exact) mass is 463 g/mol. The third-order valence-electron chi connectivity index (χ3n) is 5.29. The molecule has 32 heavy (non-hydrogen) atoms. The van der Waals surface area contributed by atoms with Crippen molar-refractivity contribution in [1.29, 1.82) is 0 Å². The van der Waals surface area contributed by atoms with Crippen LogP contribution in [0, 0.1) is 10.1 Å². The SMILES string of the molecule is COc1ccc(N(CC(=O)NC2CCCC2)S(=O)(=O)c2ccccc2[N+](=O)[O-])c(OC)c1. The number of amides is 1. The second-order valence-corrected chi connectivity index (χ2v) is 9.15. The lowest BCUT2D eigenvalue weighted by Gasteiger charge is -2.26. The summed E-state index contributed by atoms with van der Waals surface area (Å²) in [6.07, 6.45) is 3.65. The fraction of sp³-hybridized carbons (Fsp3) is 0.381. The molecule has 1 aliphatic rings. The Morgan fingerprint density at radius 1 is 1.16 bits per heavy atom. The van der Waals surface area contributed by atoms with E-state index >= 15 is 0 Å². The topological polar surface area (TPSA) is 128 Å². The van der Waals surface area contributed by atoms with Gasteiger partial charge in [-0.2, -0.15) is 0 Å². The standard InChI is InChI=1S/C21H25N3O7S/c1-30-16-11-12-17(19(13-16)31-2)23(14-21(25)22-15-7-3-4-8-15)32(28,29)20-10-6-5-9-18(20)24(26)27/h5-6,9-13,15H,3-4,7-8,14H2,1-2H3,(H,22,25). The van der Waals surface area contributed by atoms with Gasteiger partial charge >= 0.3 is 0 Å². The third kappa shape index (κ3) is 4.93. The van der Waals surface area contributed by atoms with Crippen LogP contribution in [0.3, 0.4) is 0 Å². The molecule has 2 aromatic rings. The van der Waals surface area contributed by atoms with Crippen LogP contribution < -0.4 is 19.1 Å². The van der Waals surface area contributed by atoms with E-state index in [0.29, 0.717) is 5.75 Å². The zero-order chi connectivity index (χ0) is 23.3. The van der Waals surface area contributed by atoms with E-state index in [1.165, 1.54) is 44.6 Å². The Morgan fingerprint density at radius 3 is 2.47 bits per heavy atom. The van der Waals surface area contributed by atoms with Crippen molar-refractivity contribution in [3.8, 4) is 11.5 Å². The van der Waals surface area contributed by atoms with Crippen LogP contribution in [-0.4, -0.2) is 46.1 Å². The fourth-order valence-corrected chi connectivity index (χ4v) is 5.30. The van der Waals surface area contributed by atoms with Crippen LogP contribution in [0.4, 0.5) is 11.4 Å². The highest BCUT2D eigenvalue weighted by atomic mass is 32.2. The van der Waals surface area contributed by atoms with Gasteiger partial charge in [0.1, 0.15) is 18.0 Å². The second-order valence-electron chi connectivity index (χ2n) is 7.32. The number of rotatable bonds is 9. The number of benzene rings is 2. The zero-order valence-corrected chi connectivity index (χ0v) is 18.6. The van der Waals surface area contributed by atoms with Gasteiger partial charge in [-0.3, -0.25) is 19.2 Å². The number of carbonyl (C=O) groups excluding carboxylic acids is 1. The minimum Gasteiger partial charge on any atom is -0.497 e. The third-order valence-corrected chi connectivity index (χ3v) is 7.10. The van der Waals surface area contributed by atoms with Crippen molar-refractivity contribution in [3.63, 3.8) is 0 Å². The quantitative estimate of drug-likeness (QED) is 0.447. The molecule has 1 fully saturated rings. The molecular formula is C21H25N3O7S. The summed E-state index contributed by atoms with van der Waals surface area (Å²) in [6.45, 7) is -0.562. The molecule has 11 heteroatoms. The molecule has 3 rings (SSSR count). The maximum atomic E-state index is 13.6. The van der Waals surface area contributed by atoms with Crippen LogP contribution in [0.1, 0.15) is 25.7 Å². The first-order valence-electron chi connectivity index (χ1n) is 10.1. The Bertz CT molecular complexity index is 1100. The molecule has 0 aliphatic heterocycles. The molecule has 172 valence electrons. The van der Waals surface area contributed by atoms with Gasteiger partial charge in [-0.25, -0.2) is 8.42 Å². The highest BCUT2D eigenvalue weighted by Crippen LogP contribution is 2.37. The van der Waals surface area contributed by atoms with E-state index in [9.17, 15) is 23.3 Å². The number of nitro groups is 1. The first-order chi connectivity index (χ1) is 15.3. The van der Waals surface area contributed by atoms with Crippen LogP contribution in [0.25, 0.3) is 0 Å². The van der Waals surface area contributed by atoms with Gasteiger partial charge in [0.05, 0.1) is 24.8 Å². The highest BCUT2D eigenvalue weighted by molar-refractivity contribution is 7.93. The average Bonchev–Trinajstić information content (AvgIpc) is 3.29. The van der Waals surface area contributed by atoms with Gasteiger partial charge in [-0.05, 0) is 31.0 Å². The molecule has 0 unspecified atom stereocenters. The molecule has 2 aromatic carbocycles. The number of methoxy groups -OCH3 is 2. The Labute approximate surface area is 186 Å². The number of nitrogens with zero attached hydrogens (tertiary/aromatic N) is 2. The maximum Gasteiger partial charge on any atom is 0.289 e. The van der Waals surface area contributed by atoms with E-state index in [2.05, 4.69) is 5.32 Å². The summed E-state index contributed by atoms with van der Waals surface area (Å²) in [5.74, 6) is 0.0566. The number of nitro benzene ring substituents is 1. The molecule has 1 saturated carbocycles. The van der Waals surface area contributed by atoms with Gasteiger partial charge in [0.15, 0.2) is 4.90 Å². The van der Waals surface area contributed by atoms with Crippen molar-refractivity contribution < 1.29 is 27.6 Å². The molecule has 0 saturated heterocycles. The number of ether oxygens (including phenoxy) is 2. The van der Waals surface area contributed by atoms with Crippen LogP contribution in [0.15, 0.2) is 47.4 Å². The van der Waals surface area contributed by atoms with E-state index < -0.39 is 38.0 Å². The maximum absolute atomic E-state index is 13.6. The molecule has 10 nitrogen and oxygen atoms in total. The lowest BCUT2D eigenvalue weighted by molar-refractivity contribution is -0.387. The van der Waals surface area contributed by atoms with Crippen molar-refractivity contribution in [1.82, 2.24) is 5.32 Å². The normalized spacial score (nSPS) is 14.1. The molecule has 0 spiro atoms.